The number of hydrogen-bond donors (Lipinski definition) is 1. The van der Waals surface area contributed by atoms with Gasteiger partial charge in [-0.2, -0.15) is 19.0 Å². The number of hydrogen-bond acceptors (Lipinski definition) is 8. The number of fused-ring (bicyclic) bond motifs is 2. The largest absolute Gasteiger partial charge is 0.492 e. The van der Waals surface area contributed by atoms with Gasteiger partial charge in [0.15, 0.2) is 5.65 Å². The summed E-state index contributed by atoms with van der Waals surface area (Å²) >= 11 is 1.45. The lowest BCUT2D eigenvalue weighted by atomic mass is 10.1. The Morgan fingerprint density at radius 1 is 1.32 bits per heavy atom. The van der Waals surface area contributed by atoms with Crippen LogP contribution < -0.4 is 14.8 Å². The quantitative estimate of drug-likeness (QED) is 0.389. The molecule has 192 valence electrons. The van der Waals surface area contributed by atoms with E-state index >= 15 is 0 Å². The number of rotatable bonds is 7. The number of carbonyl (C=O) groups is 2. The van der Waals surface area contributed by atoms with E-state index in [1.165, 1.54) is 50.5 Å². The Bertz CT molecular complexity index is 1490. The standard InChI is InChI=1S/C23H21F2N7O4S/c1-30(2)19(33)12-31-11-15(28-22(34)14-10-27-32-5-3-4-26-21(14)32)20(29-31)13-8-17-18(37-7-6-35-17)9-16(13)36-23(24)25/h3-5,8-11,23H,6-7,12H2,1-2H3,(H,28,34). The lowest BCUT2D eigenvalue weighted by molar-refractivity contribution is -0.129. The van der Waals surface area contributed by atoms with Crippen molar-refractivity contribution in [3.05, 3.63) is 48.5 Å². The molecule has 0 aliphatic carbocycles. The van der Waals surface area contributed by atoms with Crippen LogP contribution >= 0.6 is 11.8 Å². The molecular weight excluding hydrogens is 508 g/mol. The summed E-state index contributed by atoms with van der Waals surface area (Å²) in [4.78, 5) is 31.8. The van der Waals surface area contributed by atoms with Crippen molar-refractivity contribution in [2.24, 2.45) is 0 Å². The second-order valence-corrected chi connectivity index (χ2v) is 9.28. The summed E-state index contributed by atoms with van der Waals surface area (Å²) in [5.74, 6) is 0.207. The number of aromatic nitrogens is 5. The third-order valence-corrected chi connectivity index (χ3v) is 6.45. The summed E-state index contributed by atoms with van der Waals surface area (Å²) in [5.41, 5.74) is 0.998. The fourth-order valence-electron chi connectivity index (χ4n) is 3.70. The fraction of sp³-hybridized carbons (Fsp3) is 0.261. The van der Waals surface area contributed by atoms with Crippen molar-refractivity contribution in [2.45, 2.75) is 18.1 Å². The van der Waals surface area contributed by atoms with Crippen molar-refractivity contribution in [3.63, 3.8) is 0 Å². The molecule has 0 saturated heterocycles. The van der Waals surface area contributed by atoms with Crippen molar-refractivity contribution in [3.8, 4) is 22.8 Å². The summed E-state index contributed by atoms with van der Waals surface area (Å²) in [6.45, 7) is -2.79. The maximum absolute atomic E-state index is 13.3. The average molecular weight is 530 g/mol. The molecule has 0 spiro atoms. The molecule has 0 bridgehead atoms. The van der Waals surface area contributed by atoms with Crippen molar-refractivity contribution >= 4 is 34.9 Å². The summed E-state index contributed by atoms with van der Waals surface area (Å²) in [7, 11) is 3.20. The normalized spacial score (nSPS) is 12.8. The van der Waals surface area contributed by atoms with Crippen LogP contribution in [0.2, 0.25) is 0 Å². The molecule has 0 fully saturated rings. The van der Waals surface area contributed by atoms with E-state index in [-0.39, 0.29) is 40.7 Å². The van der Waals surface area contributed by atoms with Crippen molar-refractivity contribution in [2.75, 3.05) is 31.8 Å². The molecule has 37 heavy (non-hydrogen) atoms. The number of halogens is 2. The van der Waals surface area contributed by atoms with E-state index in [1.54, 1.807) is 32.4 Å². The number of anilines is 1. The third kappa shape index (κ3) is 5.05. The second kappa shape index (κ2) is 10.0. The minimum absolute atomic E-state index is 0.127. The lowest BCUT2D eigenvalue weighted by Gasteiger charge is -2.20. The fourth-order valence-corrected chi connectivity index (χ4v) is 4.54. The van der Waals surface area contributed by atoms with Gasteiger partial charge >= 0.3 is 6.61 Å². The van der Waals surface area contributed by atoms with Gasteiger partial charge in [0.2, 0.25) is 5.91 Å². The van der Waals surface area contributed by atoms with Gasteiger partial charge in [-0.15, -0.1) is 11.8 Å². The van der Waals surface area contributed by atoms with Gasteiger partial charge in [-0.25, -0.2) is 9.50 Å². The monoisotopic (exact) mass is 529 g/mol. The molecule has 4 aromatic rings. The number of likely N-dealkylation sites (N-methyl/N-ethyl adjacent to an activating group) is 1. The van der Waals surface area contributed by atoms with E-state index in [0.717, 1.165) is 0 Å². The highest BCUT2D eigenvalue weighted by atomic mass is 32.2. The zero-order chi connectivity index (χ0) is 26.1. The van der Waals surface area contributed by atoms with Gasteiger partial charge in [0.25, 0.3) is 5.91 Å². The smallest absolute Gasteiger partial charge is 0.387 e. The van der Waals surface area contributed by atoms with Crippen molar-refractivity contribution in [1.82, 2.24) is 29.3 Å². The molecule has 1 aromatic carbocycles. The maximum Gasteiger partial charge on any atom is 0.387 e. The van der Waals surface area contributed by atoms with Crippen LogP contribution in [0.25, 0.3) is 16.9 Å². The second-order valence-electron chi connectivity index (χ2n) is 8.15. The Hall–Kier alpha value is -4.20. The summed E-state index contributed by atoms with van der Waals surface area (Å²) in [5, 5.41) is 11.3. The van der Waals surface area contributed by atoms with Crippen LogP contribution in [0.1, 0.15) is 10.4 Å². The number of carbonyl (C=O) groups excluding carboxylic acids is 2. The van der Waals surface area contributed by atoms with E-state index in [4.69, 9.17) is 9.47 Å². The minimum atomic E-state index is -3.09. The molecule has 0 unspecified atom stereocenters. The Kier molecular flexibility index (Phi) is 6.65. The number of alkyl halides is 2. The highest BCUT2D eigenvalue weighted by molar-refractivity contribution is 7.99. The number of thioether (sulfide) groups is 1. The molecule has 2 amide bonds. The van der Waals surface area contributed by atoms with Gasteiger partial charge in [-0.05, 0) is 18.2 Å². The van der Waals surface area contributed by atoms with Crippen LogP contribution in [-0.2, 0) is 11.3 Å². The van der Waals surface area contributed by atoms with Gasteiger partial charge in [0.1, 0.15) is 29.3 Å². The Labute approximate surface area is 213 Å². The first-order valence-electron chi connectivity index (χ1n) is 11.1. The van der Waals surface area contributed by atoms with Gasteiger partial charge < -0.3 is 19.7 Å². The topological polar surface area (TPSA) is 116 Å². The molecule has 4 heterocycles. The van der Waals surface area contributed by atoms with Crippen LogP contribution in [0.5, 0.6) is 11.5 Å². The van der Waals surface area contributed by atoms with E-state index in [2.05, 4.69) is 20.5 Å². The molecule has 0 radical (unpaired) electrons. The van der Waals surface area contributed by atoms with Gasteiger partial charge in [-0.3, -0.25) is 14.3 Å². The number of ether oxygens (including phenoxy) is 2. The molecule has 3 aromatic heterocycles. The number of benzene rings is 1. The first kappa shape index (κ1) is 24.5. The SMILES string of the molecule is CN(C)C(=O)Cn1cc(NC(=O)c2cnn3cccnc23)c(-c2cc3c(cc2OC(F)F)SCCO3)n1. The van der Waals surface area contributed by atoms with Gasteiger partial charge in [-0.1, -0.05) is 0 Å². The zero-order valence-corrected chi connectivity index (χ0v) is 20.5. The Morgan fingerprint density at radius 3 is 2.95 bits per heavy atom. The predicted octanol–water partition coefficient (Wildman–Crippen LogP) is 3.02. The van der Waals surface area contributed by atoms with Gasteiger partial charge in [0.05, 0.1) is 29.0 Å². The lowest BCUT2D eigenvalue weighted by Crippen LogP contribution is -2.26. The molecule has 14 heteroatoms. The maximum atomic E-state index is 13.3. The minimum Gasteiger partial charge on any atom is -0.492 e. The van der Waals surface area contributed by atoms with Crippen molar-refractivity contribution in [1.29, 1.82) is 0 Å². The highest BCUT2D eigenvalue weighted by Gasteiger charge is 2.25. The van der Waals surface area contributed by atoms with Gasteiger partial charge in [0, 0.05) is 38.4 Å². The van der Waals surface area contributed by atoms with Crippen LogP contribution in [0.15, 0.2) is 47.9 Å². The molecule has 1 aliphatic heterocycles. The van der Waals surface area contributed by atoms with E-state index in [9.17, 15) is 18.4 Å². The molecule has 11 nitrogen and oxygen atoms in total. The van der Waals surface area contributed by atoms with E-state index in [0.29, 0.717) is 28.7 Å². The summed E-state index contributed by atoms with van der Waals surface area (Å²) in [6.07, 6.45) is 6.00. The molecule has 5 rings (SSSR count). The van der Waals surface area contributed by atoms with E-state index < -0.39 is 12.5 Å². The van der Waals surface area contributed by atoms with Crippen LogP contribution in [0.4, 0.5) is 14.5 Å². The molecule has 0 saturated carbocycles. The zero-order valence-electron chi connectivity index (χ0n) is 19.7. The Balaban J connectivity index is 1.59. The highest BCUT2D eigenvalue weighted by Crippen LogP contribution is 2.44. The Morgan fingerprint density at radius 2 is 2.16 bits per heavy atom. The first-order valence-corrected chi connectivity index (χ1v) is 12.0. The number of nitrogens with one attached hydrogen (secondary N) is 1. The first-order chi connectivity index (χ1) is 17.8. The molecule has 0 atom stereocenters. The molecule has 1 N–H and O–H groups in total. The summed E-state index contributed by atoms with van der Waals surface area (Å²) < 4.78 is 40.0. The van der Waals surface area contributed by atoms with Crippen LogP contribution in [0, 0.1) is 0 Å². The average Bonchev–Trinajstić information content (AvgIpc) is 3.47. The van der Waals surface area contributed by atoms with Crippen LogP contribution in [-0.4, -0.2) is 74.2 Å². The molecule has 1 aliphatic rings. The predicted molar refractivity (Wildman–Crippen MR) is 130 cm³/mol. The van der Waals surface area contributed by atoms with Crippen molar-refractivity contribution < 1.29 is 27.8 Å². The van der Waals surface area contributed by atoms with Crippen LogP contribution in [0.3, 0.4) is 0 Å². The number of nitrogens with zero attached hydrogens (tertiary/aromatic N) is 6. The summed E-state index contributed by atoms with van der Waals surface area (Å²) in [6, 6.07) is 4.68. The molecular formula is C23H21F2N7O4S. The van der Waals surface area contributed by atoms with E-state index in [1.807, 2.05) is 0 Å². The number of amides is 2. The third-order valence-electron chi connectivity index (χ3n) is 5.45.